The van der Waals surface area contributed by atoms with E-state index >= 15 is 0 Å². The van der Waals surface area contributed by atoms with E-state index < -0.39 is 11.5 Å². The van der Waals surface area contributed by atoms with Gasteiger partial charge in [0, 0.05) is 6.04 Å². The smallest absolute Gasteiger partial charge is 0.334 e. The van der Waals surface area contributed by atoms with Crippen molar-refractivity contribution in [1.82, 2.24) is 4.90 Å². The molecule has 1 rings (SSSR count). The number of hydrogen-bond donors (Lipinski definition) is 1. The van der Waals surface area contributed by atoms with Crippen LogP contribution in [0.2, 0.25) is 0 Å². The topological polar surface area (TPSA) is 57.6 Å². The molecule has 0 saturated heterocycles. The molecule has 0 radical (unpaired) electrons. The van der Waals surface area contributed by atoms with Gasteiger partial charge in [0.15, 0.2) is 5.54 Å². The first-order chi connectivity index (χ1) is 9.55. The van der Waals surface area contributed by atoms with E-state index in [1.165, 1.54) is 4.90 Å². The molecule has 0 heterocycles. The molecular weight excluding hydrogens is 266 g/mol. The number of benzene rings is 1. The number of carboxylic acid groups (broad SMARTS) is 1. The highest BCUT2D eigenvalue weighted by Crippen LogP contribution is 2.31. The lowest BCUT2D eigenvalue weighted by molar-refractivity contribution is -0.156. The van der Waals surface area contributed by atoms with Crippen LogP contribution in [-0.4, -0.2) is 28.4 Å². The van der Waals surface area contributed by atoms with E-state index in [-0.39, 0.29) is 11.5 Å². The van der Waals surface area contributed by atoms with Crippen LogP contribution in [-0.2, 0) is 20.5 Å². The molecule has 1 unspecified atom stereocenters. The number of carbonyl (C=O) groups excluding carboxylic acids is 1. The molecule has 0 bridgehead atoms. The summed E-state index contributed by atoms with van der Waals surface area (Å²) in [5.74, 6) is -1.04. The fraction of sp³-hybridized carbons (Fsp3) is 0.529. The third-order valence-electron chi connectivity index (χ3n) is 3.92. The third-order valence-corrected chi connectivity index (χ3v) is 3.92. The molecule has 4 nitrogen and oxygen atoms in total. The fourth-order valence-corrected chi connectivity index (χ4v) is 2.42. The Kier molecular flexibility index (Phi) is 4.82. The van der Waals surface area contributed by atoms with Gasteiger partial charge in [-0.25, -0.2) is 4.79 Å². The Morgan fingerprint density at radius 1 is 1.10 bits per heavy atom. The zero-order chi connectivity index (χ0) is 16.4. The van der Waals surface area contributed by atoms with Gasteiger partial charge in [0.25, 0.3) is 0 Å². The second-order valence-electron chi connectivity index (χ2n) is 6.81. The van der Waals surface area contributed by atoms with Gasteiger partial charge >= 0.3 is 5.97 Å². The predicted octanol–water partition coefficient (Wildman–Crippen LogP) is 3.15. The van der Waals surface area contributed by atoms with Gasteiger partial charge in [0.2, 0.25) is 6.41 Å². The number of carbonyl (C=O) groups is 2. The van der Waals surface area contributed by atoms with Crippen molar-refractivity contribution in [2.75, 3.05) is 0 Å². The van der Waals surface area contributed by atoms with Gasteiger partial charge in [0.1, 0.15) is 0 Å². The Morgan fingerprint density at radius 2 is 1.52 bits per heavy atom. The summed E-state index contributed by atoms with van der Waals surface area (Å²) in [5.41, 5.74) is 0.359. The predicted molar refractivity (Wildman–Crippen MR) is 83.2 cm³/mol. The molecule has 0 saturated carbocycles. The highest BCUT2D eigenvalue weighted by Gasteiger charge is 2.42. The number of aliphatic carboxylic acids is 1. The van der Waals surface area contributed by atoms with Crippen LogP contribution in [0.3, 0.4) is 0 Å². The first kappa shape index (κ1) is 17.2. The normalized spacial score (nSPS) is 14.6. The van der Waals surface area contributed by atoms with Gasteiger partial charge in [-0.05, 0) is 37.3 Å². The summed E-state index contributed by atoms with van der Waals surface area (Å²) in [5, 5.41) is 9.66. The molecule has 1 amide bonds. The van der Waals surface area contributed by atoms with Crippen molar-refractivity contribution >= 4 is 12.4 Å². The highest BCUT2D eigenvalue weighted by atomic mass is 16.4. The number of amides is 1. The average molecular weight is 291 g/mol. The highest BCUT2D eigenvalue weighted by molar-refractivity contribution is 5.83. The minimum Gasteiger partial charge on any atom is -0.479 e. The van der Waals surface area contributed by atoms with Crippen molar-refractivity contribution in [3.05, 3.63) is 35.4 Å². The van der Waals surface area contributed by atoms with Gasteiger partial charge in [-0.15, -0.1) is 0 Å². The minimum atomic E-state index is -1.37. The molecule has 0 fully saturated rings. The van der Waals surface area contributed by atoms with Crippen molar-refractivity contribution in [3.8, 4) is 0 Å². The van der Waals surface area contributed by atoms with Crippen LogP contribution in [0.1, 0.15) is 52.7 Å². The summed E-state index contributed by atoms with van der Waals surface area (Å²) in [4.78, 5) is 24.5. The maximum absolute atomic E-state index is 11.8. The Hall–Kier alpha value is -1.84. The van der Waals surface area contributed by atoms with Crippen LogP contribution >= 0.6 is 0 Å². The molecule has 1 N–H and O–H groups in total. The second-order valence-corrected chi connectivity index (χ2v) is 6.81. The molecule has 0 aliphatic rings. The van der Waals surface area contributed by atoms with Crippen molar-refractivity contribution in [3.63, 3.8) is 0 Å². The molecule has 0 aliphatic heterocycles. The first-order valence-electron chi connectivity index (χ1n) is 7.13. The Bertz CT molecular complexity index is 514. The number of carboxylic acids is 1. The summed E-state index contributed by atoms with van der Waals surface area (Å²) in [6, 6.07) is 7.26. The van der Waals surface area contributed by atoms with Gasteiger partial charge in [0.05, 0.1) is 0 Å². The molecule has 1 aromatic carbocycles. The van der Waals surface area contributed by atoms with E-state index in [2.05, 4.69) is 20.8 Å². The van der Waals surface area contributed by atoms with E-state index in [4.69, 9.17) is 0 Å². The number of nitrogens with zero attached hydrogens (tertiary/aromatic N) is 1. The van der Waals surface area contributed by atoms with Crippen molar-refractivity contribution < 1.29 is 14.7 Å². The molecule has 0 aliphatic carbocycles. The molecule has 4 heteroatoms. The van der Waals surface area contributed by atoms with Crippen LogP contribution < -0.4 is 0 Å². The molecule has 116 valence electrons. The Morgan fingerprint density at radius 3 is 1.81 bits per heavy atom. The lowest BCUT2D eigenvalue weighted by Gasteiger charge is -2.38. The molecule has 1 aromatic rings. The van der Waals surface area contributed by atoms with Crippen molar-refractivity contribution in [2.24, 2.45) is 0 Å². The zero-order valence-electron chi connectivity index (χ0n) is 13.7. The van der Waals surface area contributed by atoms with Crippen molar-refractivity contribution in [1.29, 1.82) is 0 Å². The monoisotopic (exact) mass is 291 g/mol. The quantitative estimate of drug-likeness (QED) is 0.848. The molecule has 0 aromatic heterocycles. The van der Waals surface area contributed by atoms with E-state index in [1.807, 2.05) is 12.1 Å². The van der Waals surface area contributed by atoms with Gasteiger partial charge in [-0.2, -0.15) is 0 Å². The van der Waals surface area contributed by atoms with Crippen LogP contribution in [0.15, 0.2) is 24.3 Å². The van der Waals surface area contributed by atoms with Crippen LogP contribution in [0, 0.1) is 0 Å². The van der Waals surface area contributed by atoms with E-state index in [0.717, 1.165) is 5.56 Å². The first-order valence-corrected chi connectivity index (χ1v) is 7.13. The lowest BCUT2D eigenvalue weighted by Crippen LogP contribution is -2.52. The lowest BCUT2D eigenvalue weighted by atomic mass is 9.83. The number of rotatable bonds is 5. The second kappa shape index (κ2) is 5.88. The van der Waals surface area contributed by atoms with Gasteiger partial charge < -0.3 is 10.0 Å². The van der Waals surface area contributed by atoms with Crippen LogP contribution in [0.25, 0.3) is 0 Å². The largest absolute Gasteiger partial charge is 0.479 e. The summed E-state index contributed by atoms with van der Waals surface area (Å²) in [6.07, 6.45) is 0.608. The summed E-state index contributed by atoms with van der Waals surface area (Å²) in [6.45, 7) is 11.5. The molecule has 1 atom stereocenters. The zero-order valence-corrected chi connectivity index (χ0v) is 13.7. The Balaban J connectivity index is 3.36. The molecule has 0 spiro atoms. The fourth-order valence-electron chi connectivity index (χ4n) is 2.42. The van der Waals surface area contributed by atoms with Crippen LogP contribution in [0.5, 0.6) is 0 Å². The number of hydrogen-bond acceptors (Lipinski definition) is 2. The molecule has 21 heavy (non-hydrogen) atoms. The standard InChI is InChI=1S/C17H25NO3/c1-12(2)18(11-19)17(6,15(20)21)14-9-7-13(8-10-14)16(3,4)5/h7-12H,1-6H3,(H,20,21). The van der Waals surface area contributed by atoms with Gasteiger partial charge in [-0.1, -0.05) is 45.0 Å². The Labute approximate surface area is 126 Å². The van der Waals surface area contributed by atoms with Crippen LogP contribution in [0.4, 0.5) is 0 Å². The SMILES string of the molecule is CC(C)N(C=O)C(C)(C(=O)O)c1ccc(C(C)(C)C)cc1. The third kappa shape index (κ3) is 3.26. The van der Waals surface area contributed by atoms with E-state index in [9.17, 15) is 14.7 Å². The summed E-state index contributed by atoms with van der Waals surface area (Å²) < 4.78 is 0. The maximum atomic E-state index is 11.8. The van der Waals surface area contributed by atoms with Crippen molar-refractivity contribution in [2.45, 2.75) is 58.5 Å². The van der Waals surface area contributed by atoms with E-state index in [0.29, 0.717) is 12.0 Å². The van der Waals surface area contributed by atoms with E-state index in [1.54, 1.807) is 32.9 Å². The summed E-state index contributed by atoms with van der Waals surface area (Å²) >= 11 is 0. The average Bonchev–Trinajstić information content (AvgIpc) is 2.37. The minimum absolute atomic E-state index is 0.000545. The molecular formula is C17H25NO3. The summed E-state index contributed by atoms with van der Waals surface area (Å²) in [7, 11) is 0. The van der Waals surface area contributed by atoms with Gasteiger partial charge in [-0.3, -0.25) is 4.79 Å². The maximum Gasteiger partial charge on any atom is 0.334 e.